The summed E-state index contributed by atoms with van der Waals surface area (Å²) in [5.74, 6) is 0.684. The number of carbonyl (C=O) groups is 1. The van der Waals surface area contributed by atoms with Gasteiger partial charge < -0.3 is 15.4 Å². The van der Waals surface area contributed by atoms with Gasteiger partial charge in [-0.3, -0.25) is 0 Å². The molecule has 0 saturated heterocycles. The molecule has 2 fully saturated rings. The molecule has 0 aromatic heterocycles. The lowest BCUT2D eigenvalue weighted by atomic mass is 9.91. The molecule has 0 heterocycles. The lowest BCUT2D eigenvalue weighted by molar-refractivity contribution is 0.0489. The van der Waals surface area contributed by atoms with E-state index in [-0.39, 0.29) is 12.1 Å². The largest absolute Gasteiger partial charge is 0.444 e. The van der Waals surface area contributed by atoms with Crippen LogP contribution in [0.1, 0.15) is 64.4 Å². The molecule has 3 rings (SSSR count). The molecule has 4 nitrogen and oxygen atoms in total. The van der Waals surface area contributed by atoms with Crippen LogP contribution in [0, 0.1) is 0 Å². The minimum Gasteiger partial charge on any atom is -0.444 e. The molecular weight excluding hydrogens is 300 g/mol. The molecule has 4 heteroatoms. The molecule has 2 aliphatic rings. The van der Waals surface area contributed by atoms with Gasteiger partial charge in [-0.05, 0) is 58.4 Å². The summed E-state index contributed by atoms with van der Waals surface area (Å²) in [4.78, 5) is 11.8. The van der Waals surface area contributed by atoms with Gasteiger partial charge in [0.25, 0.3) is 0 Å². The first-order valence-corrected chi connectivity index (χ1v) is 9.21. The van der Waals surface area contributed by atoms with Gasteiger partial charge in [0.05, 0.1) is 0 Å². The highest BCUT2D eigenvalue weighted by molar-refractivity contribution is 5.68. The predicted molar refractivity (Wildman–Crippen MR) is 96.1 cm³/mol. The number of hydrogen-bond donors (Lipinski definition) is 2. The quantitative estimate of drug-likeness (QED) is 0.878. The highest BCUT2D eigenvalue weighted by Gasteiger charge is 2.39. The first-order valence-electron chi connectivity index (χ1n) is 9.21. The fourth-order valence-electron chi connectivity index (χ4n) is 3.63. The number of benzene rings is 1. The predicted octanol–water partition coefficient (Wildman–Crippen LogP) is 3.97. The Morgan fingerprint density at radius 3 is 2.29 bits per heavy atom. The molecule has 0 radical (unpaired) electrons. The number of amides is 1. The Kier molecular flexibility index (Phi) is 5.14. The summed E-state index contributed by atoms with van der Waals surface area (Å²) in [5, 5.41) is 6.82. The summed E-state index contributed by atoms with van der Waals surface area (Å²) < 4.78 is 5.34. The first-order chi connectivity index (χ1) is 11.4. The van der Waals surface area contributed by atoms with Crippen LogP contribution in [0.2, 0.25) is 0 Å². The fourth-order valence-corrected chi connectivity index (χ4v) is 3.63. The summed E-state index contributed by atoms with van der Waals surface area (Å²) in [6, 6.07) is 12.3. The molecule has 2 N–H and O–H groups in total. The van der Waals surface area contributed by atoms with Crippen LogP contribution in [-0.2, 0) is 4.74 Å². The van der Waals surface area contributed by atoms with E-state index in [9.17, 15) is 4.79 Å². The monoisotopic (exact) mass is 330 g/mol. The summed E-state index contributed by atoms with van der Waals surface area (Å²) in [7, 11) is 0. The third-order valence-electron chi connectivity index (χ3n) is 4.92. The molecule has 1 aromatic rings. The van der Waals surface area contributed by atoms with Crippen molar-refractivity contribution in [2.45, 2.75) is 82.5 Å². The zero-order valence-corrected chi connectivity index (χ0v) is 15.0. The topological polar surface area (TPSA) is 50.4 Å². The summed E-state index contributed by atoms with van der Waals surface area (Å²) >= 11 is 0. The van der Waals surface area contributed by atoms with Gasteiger partial charge in [0.2, 0.25) is 0 Å². The van der Waals surface area contributed by atoms with Crippen molar-refractivity contribution in [3.05, 3.63) is 35.9 Å². The van der Waals surface area contributed by atoms with Crippen molar-refractivity contribution in [2.24, 2.45) is 0 Å². The van der Waals surface area contributed by atoms with Crippen LogP contribution < -0.4 is 10.6 Å². The van der Waals surface area contributed by atoms with Crippen molar-refractivity contribution in [1.82, 2.24) is 10.6 Å². The van der Waals surface area contributed by atoms with Gasteiger partial charge in [0, 0.05) is 24.0 Å². The summed E-state index contributed by atoms with van der Waals surface area (Å²) in [5.41, 5.74) is 1.02. The highest BCUT2D eigenvalue weighted by atomic mass is 16.6. The Balaban J connectivity index is 1.37. The Bertz CT molecular complexity index is 545. The van der Waals surface area contributed by atoms with E-state index in [1.807, 2.05) is 20.8 Å². The minimum atomic E-state index is -0.429. The molecule has 0 aliphatic heterocycles. The van der Waals surface area contributed by atoms with E-state index < -0.39 is 5.60 Å². The number of carbonyl (C=O) groups excluding carboxylic acids is 1. The lowest BCUT2D eigenvalue weighted by Crippen LogP contribution is -2.44. The molecule has 24 heavy (non-hydrogen) atoms. The van der Waals surface area contributed by atoms with Gasteiger partial charge in [-0.2, -0.15) is 0 Å². The molecule has 132 valence electrons. The molecule has 0 spiro atoms. The van der Waals surface area contributed by atoms with Gasteiger partial charge in [-0.25, -0.2) is 4.79 Å². The fraction of sp³-hybridized carbons (Fsp3) is 0.650. The van der Waals surface area contributed by atoms with Crippen LogP contribution >= 0.6 is 0 Å². The van der Waals surface area contributed by atoms with E-state index in [0.717, 1.165) is 25.7 Å². The van der Waals surface area contributed by atoms with Crippen LogP contribution in [0.4, 0.5) is 4.79 Å². The Morgan fingerprint density at radius 1 is 1.04 bits per heavy atom. The number of hydrogen-bond acceptors (Lipinski definition) is 3. The van der Waals surface area contributed by atoms with E-state index in [1.54, 1.807) is 0 Å². The summed E-state index contributed by atoms with van der Waals surface area (Å²) in [6.45, 7) is 5.69. The zero-order chi connectivity index (χ0) is 17.2. The molecule has 2 saturated carbocycles. The van der Waals surface area contributed by atoms with Gasteiger partial charge in [-0.1, -0.05) is 30.3 Å². The van der Waals surface area contributed by atoms with Crippen LogP contribution in [0.15, 0.2) is 30.3 Å². The smallest absolute Gasteiger partial charge is 0.407 e. The summed E-state index contributed by atoms with van der Waals surface area (Å²) in [6.07, 6.45) is 5.27. The standard InChI is InChI=1S/C20H30N2O2/c1-20(2,3)24-19(23)22-16-11-9-15(10-12-16)21-18-13-17(18)14-7-5-4-6-8-14/h4-8,15-18,21H,9-13H2,1-3H3,(H,22,23)/t15-,16+,17-,18+/m0/s1. The SMILES string of the molecule is CC(C)(C)OC(=O)N[C@H]1CC[C@@H](N[C@@H]2C[C@H]2c2ccccc2)CC1. The van der Waals surface area contributed by atoms with Crippen LogP contribution in [0.5, 0.6) is 0 Å². The zero-order valence-electron chi connectivity index (χ0n) is 15.0. The Labute approximate surface area is 145 Å². The second kappa shape index (κ2) is 7.14. The Morgan fingerprint density at radius 2 is 1.67 bits per heavy atom. The van der Waals surface area contributed by atoms with Gasteiger partial charge in [-0.15, -0.1) is 0 Å². The molecule has 0 unspecified atom stereocenters. The average Bonchev–Trinajstić information content (AvgIpc) is 3.27. The van der Waals surface area contributed by atoms with Crippen LogP contribution in [0.3, 0.4) is 0 Å². The molecule has 1 amide bonds. The number of ether oxygens (including phenoxy) is 1. The highest BCUT2D eigenvalue weighted by Crippen LogP contribution is 2.41. The maximum absolute atomic E-state index is 11.8. The van der Waals surface area contributed by atoms with E-state index in [4.69, 9.17) is 4.74 Å². The van der Waals surface area contributed by atoms with E-state index in [0.29, 0.717) is 18.0 Å². The number of rotatable bonds is 4. The lowest BCUT2D eigenvalue weighted by Gasteiger charge is -2.30. The van der Waals surface area contributed by atoms with Gasteiger partial charge in [0.1, 0.15) is 5.60 Å². The van der Waals surface area contributed by atoms with Gasteiger partial charge in [0.15, 0.2) is 0 Å². The number of alkyl carbamates (subject to hydrolysis) is 1. The second-order valence-electron chi connectivity index (χ2n) is 8.22. The molecule has 1 aromatic carbocycles. The van der Waals surface area contributed by atoms with E-state index in [2.05, 4.69) is 41.0 Å². The first kappa shape index (κ1) is 17.3. The molecule has 2 atom stereocenters. The normalized spacial score (nSPS) is 29.8. The van der Waals surface area contributed by atoms with Crippen molar-refractivity contribution >= 4 is 6.09 Å². The van der Waals surface area contributed by atoms with E-state index in [1.165, 1.54) is 12.0 Å². The van der Waals surface area contributed by atoms with Crippen molar-refractivity contribution in [2.75, 3.05) is 0 Å². The molecular formula is C20H30N2O2. The molecule has 0 bridgehead atoms. The Hall–Kier alpha value is -1.55. The van der Waals surface area contributed by atoms with Crippen LogP contribution in [0.25, 0.3) is 0 Å². The molecule has 2 aliphatic carbocycles. The van der Waals surface area contributed by atoms with Gasteiger partial charge >= 0.3 is 6.09 Å². The van der Waals surface area contributed by atoms with Crippen molar-refractivity contribution in [3.8, 4) is 0 Å². The third-order valence-corrected chi connectivity index (χ3v) is 4.92. The maximum Gasteiger partial charge on any atom is 0.407 e. The maximum atomic E-state index is 11.8. The third kappa shape index (κ3) is 4.97. The van der Waals surface area contributed by atoms with Crippen molar-refractivity contribution in [3.63, 3.8) is 0 Å². The van der Waals surface area contributed by atoms with Crippen molar-refractivity contribution < 1.29 is 9.53 Å². The minimum absolute atomic E-state index is 0.252. The second-order valence-corrected chi connectivity index (χ2v) is 8.22. The average molecular weight is 330 g/mol. The van der Waals surface area contributed by atoms with Crippen LogP contribution in [-0.4, -0.2) is 29.8 Å². The number of nitrogens with one attached hydrogen (secondary N) is 2. The van der Waals surface area contributed by atoms with Crippen molar-refractivity contribution in [1.29, 1.82) is 0 Å². The van der Waals surface area contributed by atoms with E-state index >= 15 is 0 Å².